The Labute approximate surface area is 158 Å². The molecule has 1 heterocycles. The van der Waals surface area contributed by atoms with E-state index in [2.05, 4.69) is 31.5 Å². The van der Waals surface area contributed by atoms with E-state index in [1.807, 2.05) is 0 Å². The minimum absolute atomic E-state index is 0.0389. The van der Waals surface area contributed by atoms with Crippen molar-refractivity contribution in [2.75, 3.05) is 12.4 Å². The van der Waals surface area contributed by atoms with Crippen molar-refractivity contribution in [1.82, 2.24) is 21.4 Å². The number of anilines is 1. The number of amides is 2. The largest absolute Gasteiger partial charge is 0.433 e. The number of carbonyl (C=O) groups excluding carboxylic acids is 2. The molecule has 1 fully saturated rings. The van der Waals surface area contributed by atoms with Gasteiger partial charge in [-0.1, -0.05) is 11.6 Å². The highest BCUT2D eigenvalue weighted by Crippen LogP contribution is 2.38. The van der Waals surface area contributed by atoms with E-state index in [-0.39, 0.29) is 46.2 Å². The Bertz CT molecular complexity index is 787. The fourth-order valence-corrected chi connectivity index (χ4v) is 2.67. The van der Waals surface area contributed by atoms with Crippen LogP contribution < -0.4 is 26.4 Å². The minimum atomic E-state index is -3.11. The lowest BCUT2D eigenvalue weighted by molar-refractivity contribution is -0.116. The van der Waals surface area contributed by atoms with Crippen molar-refractivity contribution in [2.45, 2.75) is 25.9 Å². The summed E-state index contributed by atoms with van der Waals surface area (Å²) in [5.41, 5.74) is 4.83. The van der Waals surface area contributed by atoms with E-state index in [4.69, 9.17) is 11.6 Å². The molecule has 0 radical (unpaired) electrons. The molecule has 0 unspecified atom stereocenters. The third-order valence-corrected chi connectivity index (χ3v) is 4.31. The van der Waals surface area contributed by atoms with Crippen molar-refractivity contribution in [1.29, 1.82) is 0 Å². The van der Waals surface area contributed by atoms with Crippen LogP contribution in [0.1, 0.15) is 29.6 Å². The van der Waals surface area contributed by atoms with Gasteiger partial charge in [0.1, 0.15) is 5.69 Å². The molecule has 146 valence electrons. The van der Waals surface area contributed by atoms with Gasteiger partial charge in [0.25, 0.3) is 5.91 Å². The summed E-state index contributed by atoms with van der Waals surface area (Å²) in [6.07, 6.45) is 2.14. The first-order chi connectivity index (χ1) is 12.8. The maximum absolute atomic E-state index is 12.7. The number of hydrogen-bond donors (Lipinski definition) is 4. The number of hydrogen-bond acceptors (Lipinski definition) is 7. The number of hydrazine groups is 2. The molecule has 0 bridgehead atoms. The van der Waals surface area contributed by atoms with Gasteiger partial charge >= 0.3 is 6.61 Å². The van der Waals surface area contributed by atoms with Crippen LogP contribution in [0, 0.1) is 5.92 Å². The average Bonchev–Trinajstić information content (AvgIpc) is 3.31. The van der Waals surface area contributed by atoms with Crippen molar-refractivity contribution in [3.63, 3.8) is 0 Å². The summed E-state index contributed by atoms with van der Waals surface area (Å²) in [6.45, 7) is -3.11. The molecule has 0 aromatic heterocycles. The number of ether oxygens (including phenoxy) is 1. The number of guanidine groups is 1. The Hall–Kier alpha value is -2.66. The zero-order chi connectivity index (χ0) is 19.6. The van der Waals surface area contributed by atoms with Gasteiger partial charge in [0, 0.05) is 13.5 Å². The fourth-order valence-electron chi connectivity index (χ4n) is 2.38. The smallest absolute Gasteiger partial charge is 0.387 e. The van der Waals surface area contributed by atoms with E-state index in [1.165, 1.54) is 11.1 Å². The standard InChI is InChI=1S/C15H17ClF2N6O3/c1-24-15(21-22-23-24)20-13(26)8-4-5-9(27-14(17)18)12(11(8)16)19-10(25)6-7-2-3-7/h4-5,7,14,22-23H,2-3,6H2,1H3,(H,19,25)(H,20,21,26). The Morgan fingerprint density at radius 1 is 1.41 bits per heavy atom. The number of carbonyl (C=O) groups is 2. The fraction of sp³-hybridized carbons (Fsp3) is 0.400. The van der Waals surface area contributed by atoms with E-state index >= 15 is 0 Å². The SMILES string of the molecule is CN1NNN=C1NC(=O)c1ccc(OC(F)F)c(NC(=O)CC2CC2)c1Cl. The Morgan fingerprint density at radius 2 is 2.15 bits per heavy atom. The second kappa shape index (κ2) is 7.92. The first-order valence-corrected chi connectivity index (χ1v) is 8.43. The number of nitrogens with one attached hydrogen (secondary N) is 4. The van der Waals surface area contributed by atoms with Crippen molar-refractivity contribution in [3.8, 4) is 5.75 Å². The Balaban J connectivity index is 1.84. The van der Waals surface area contributed by atoms with Gasteiger partial charge in [-0.05, 0) is 30.9 Å². The molecule has 1 aliphatic carbocycles. The second-order valence-corrected chi connectivity index (χ2v) is 6.42. The number of halogens is 3. The van der Waals surface area contributed by atoms with E-state index in [0.717, 1.165) is 18.9 Å². The van der Waals surface area contributed by atoms with E-state index in [1.54, 1.807) is 7.05 Å². The van der Waals surface area contributed by atoms with Crippen LogP contribution in [0.5, 0.6) is 5.75 Å². The molecule has 2 amide bonds. The number of benzene rings is 1. The monoisotopic (exact) mass is 402 g/mol. The molecule has 3 rings (SSSR count). The molecule has 1 aromatic rings. The summed E-state index contributed by atoms with van der Waals surface area (Å²) in [5, 5.41) is 9.96. The molecule has 12 heteroatoms. The molecule has 0 spiro atoms. The van der Waals surface area contributed by atoms with Crippen molar-refractivity contribution >= 4 is 35.1 Å². The highest BCUT2D eigenvalue weighted by Gasteiger charge is 2.27. The molecule has 9 nitrogen and oxygen atoms in total. The van der Waals surface area contributed by atoms with Gasteiger partial charge in [-0.3, -0.25) is 19.9 Å². The highest BCUT2D eigenvalue weighted by molar-refractivity contribution is 6.37. The minimum Gasteiger partial charge on any atom is -0.433 e. The summed E-state index contributed by atoms with van der Waals surface area (Å²) in [4.78, 5) is 24.6. The quantitative estimate of drug-likeness (QED) is 0.576. The first kappa shape index (κ1) is 19.1. The predicted octanol–water partition coefficient (Wildman–Crippen LogP) is 1.64. The first-order valence-electron chi connectivity index (χ1n) is 8.05. The topological polar surface area (TPSA) is 107 Å². The number of rotatable bonds is 6. The molecule has 1 aromatic carbocycles. The molecular formula is C15H17ClF2N6O3. The number of hydrazone groups is 1. The van der Waals surface area contributed by atoms with Crippen LogP contribution in [-0.4, -0.2) is 36.4 Å². The molecule has 27 heavy (non-hydrogen) atoms. The summed E-state index contributed by atoms with van der Waals surface area (Å²) in [7, 11) is 1.60. The summed E-state index contributed by atoms with van der Waals surface area (Å²) in [6, 6.07) is 2.37. The molecule has 4 N–H and O–H groups in total. The van der Waals surface area contributed by atoms with Crippen LogP contribution in [0.2, 0.25) is 5.02 Å². The van der Waals surface area contributed by atoms with Crippen LogP contribution in [0.4, 0.5) is 14.5 Å². The molecule has 0 atom stereocenters. The van der Waals surface area contributed by atoms with Gasteiger partial charge in [0.15, 0.2) is 5.75 Å². The van der Waals surface area contributed by atoms with Gasteiger partial charge in [-0.25, -0.2) is 5.53 Å². The van der Waals surface area contributed by atoms with Gasteiger partial charge in [0.05, 0.1) is 10.6 Å². The predicted molar refractivity (Wildman–Crippen MR) is 93.0 cm³/mol. The van der Waals surface area contributed by atoms with Crippen molar-refractivity contribution in [3.05, 3.63) is 22.7 Å². The molecule has 2 aliphatic rings. The zero-order valence-electron chi connectivity index (χ0n) is 14.2. The van der Waals surface area contributed by atoms with Crippen LogP contribution in [0.3, 0.4) is 0 Å². The maximum Gasteiger partial charge on any atom is 0.387 e. The van der Waals surface area contributed by atoms with Gasteiger partial charge in [-0.2, -0.15) is 8.78 Å². The summed E-state index contributed by atoms with van der Waals surface area (Å²) < 4.78 is 29.8. The highest BCUT2D eigenvalue weighted by atomic mass is 35.5. The summed E-state index contributed by atoms with van der Waals surface area (Å²) >= 11 is 6.23. The molecular weight excluding hydrogens is 386 g/mol. The Morgan fingerprint density at radius 3 is 2.74 bits per heavy atom. The van der Waals surface area contributed by atoms with Crippen molar-refractivity contribution in [2.24, 2.45) is 11.0 Å². The Kier molecular flexibility index (Phi) is 5.61. The molecule has 1 aliphatic heterocycles. The van der Waals surface area contributed by atoms with Crippen molar-refractivity contribution < 1.29 is 23.1 Å². The van der Waals surface area contributed by atoms with Crippen LogP contribution in [-0.2, 0) is 4.79 Å². The lowest BCUT2D eigenvalue weighted by atomic mass is 10.1. The van der Waals surface area contributed by atoms with Gasteiger partial charge in [-0.15, -0.1) is 10.6 Å². The van der Waals surface area contributed by atoms with Gasteiger partial charge in [0.2, 0.25) is 11.9 Å². The molecule has 1 saturated carbocycles. The third kappa shape index (κ3) is 4.74. The second-order valence-electron chi connectivity index (χ2n) is 6.05. The summed E-state index contributed by atoms with van der Waals surface area (Å²) in [5.74, 6) is -0.898. The zero-order valence-corrected chi connectivity index (χ0v) is 14.9. The number of nitrogens with zero attached hydrogens (tertiary/aromatic N) is 2. The number of alkyl halides is 2. The van der Waals surface area contributed by atoms with Crippen LogP contribution in [0.25, 0.3) is 0 Å². The average molecular weight is 403 g/mol. The molecule has 0 saturated heterocycles. The van der Waals surface area contributed by atoms with Crippen LogP contribution in [0.15, 0.2) is 17.2 Å². The third-order valence-electron chi connectivity index (χ3n) is 3.92. The van der Waals surface area contributed by atoms with Gasteiger partial charge < -0.3 is 10.1 Å². The van der Waals surface area contributed by atoms with E-state index < -0.39 is 12.5 Å². The lowest BCUT2D eigenvalue weighted by Crippen LogP contribution is -2.45. The maximum atomic E-state index is 12.7. The van der Waals surface area contributed by atoms with Crippen LogP contribution >= 0.6 is 11.6 Å². The normalized spacial score (nSPS) is 16.0. The lowest BCUT2D eigenvalue weighted by Gasteiger charge is -2.17. The van der Waals surface area contributed by atoms with E-state index in [0.29, 0.717) is 0 Å². The van der Waals surface area contributed by atoms with E-state index in [9.17, 15) is 18.4 Å².